The van der Waals surface area contributed by atoms with E-state index in [1.165, 1.54) is 0 Å². The van der Waals surface area contributed by atoms with E-state index in [4.69, 9.17) is 9.47 Å². The van der Waals surface area contributed by atoms with Crippen LogP contribution >= 0.6 is 0 Å². The molecule has 0 saturated heterocycles. The quantitative estimate of drug-likeness (QED) is 0.386. The molecule has 0 aliphatic heterocycles. The Kier molecular flexibility index (Phi) is 7.80. The lowest BCUT2D eigenvalue weighted by Crippen LogP contribution is -2.46. The van der Waals surface area contributed by atoms with Crippen LogP contribution in [0, 0.1) is 11.3 Å². The van der Waals surface area contributed by atoms with Gasteiger partial charge in [-0.3, -0.25) is 9.59 Å². The van der Waals surface area contributed by atoms with Crippen molar-refractivity contribution in [3.8, 4) is 0 Å². The van der Waals surface area contributed by atoms with E-state index in [9.17, 15) is 9.59 Å². The number of hydrogen-bond acceptors (Lipinski definition) is 4. The van der Waals surface area contributed by atoms with E-state index in [1.807, 2.05) is 6.92 Å². The Hall–Kier alpha value is -1.58. The average molecular weight is 268 g/mol. The Bertz CT molecular complexity index is 326. The van der Waals surface area contributed by atoms with E-state index < -0.39 is 17.4 Å². The molecule has 1 atom stereocenters. The first-order valence-corrected chi connectivity index (χ1v) is 6.59. The lowest BCUT2D eigenvalue weighted by atomic mass is 9.73. The van der Waals surface area contributed by atoms with Gasteiger partial charge in [-0.1, -0.05) is 25.2 Å². The molecule has 0 rings (SSSR count). The maximum atomic E-state index is 12.3. The van der Waals surface area contributed by atoms with Gasteiger partial charge < -0.3 is 9.47 Å². The molecule has 0 bridgehead atoms. The number of hydrogen-bond donors (Lipinski definition) is 0. The van der Waals surface area contributed by atoms with Gasteiger partial charge in [-0.2, -0.15) is 0 Å². The van der Waals surface area contributed by atoms with E-state index in [0.29, 0.717) is 0 Å². The molecule has 19 heavy (non-hydrogen) atoms. The molecule has 0 N–H and O–H groups in total. The van der Waals surface area contributed by atoms with Crippen molar-refractivity contribution in [2.45, 2.75) is 34.1 Å². The van der Waals surface area contributed by atoms with Crippen molar-refractivity contribution in [1.29, 1.82) is 0 Å². The zero-order chi connectivity index (χ0) is 14.9. The molecule has 1 unspecified atom stereocenters. The van der Waals surface area contributed by atoms with Crippen LogP contribution < -0.4 is 0 Å². The predicted octanol–water partition coefficient (Wildman–Crippen LogP) is 2.89. The van der Waals surface area contributed by atoms with E-state index in [-0.39, 0.29) is 25.6 Å². The van der Waals surface area contributed by atoms with Gasteiger partial charge in [-0.25, -0.2) is 0 Å². The van der Waals surface area contributed by atoms with Gasteiger partial charge in [-0.15, -0.1) is 6.58 Å². The third kappa shape index (κ3) is 3.94. The molecule has 4 heteroatoms. The molecular formula is C15H24O4. The number of ether oxygens (including phenoxy) is 2. The molecule has 0 aliphatic rings. The maximum Gasteiger partial charge on any atom is 0.324 e. The van der Waals surface area contributed by atoms with E-state index in [0.717, 1.165) is 0 Å². The van der Waals surface area contributed by atoms with E-state index in [2.05, 4.69) is 6.58 Å². The van der Waals surface area contributed by atoms with Crippen molar-refractivity contribution < 1.29 is 19.1 Å². The Labute approximate surface area is 115 Å². The molecule has 0 aromatic heterocycles. The van der Waals surface area contributed by atoms with E-state index >= 15 is 0 Å². The van der Waals surface area contributed by atoms with Crippen molar-refractivity contribution in [2.75, 3.05) is 13.2 Å². The van der Waals surface area contributed by atoms with Crippen LogP contribution in [-0.4, -0.2) is 25.2 Å². The van der Waals surface area contributed by atoms with Crippen molar-refractivity contribution >= 4 is 11.9 Å². The summed E-state index contributed by atoms with van der Waals surface area (Å²) in [6, 6.07) is 0. The average Bonchev–Trinajstić information content (AvgIpc) is 2.39. The topological polar surface area (TPSA) is 52.6 Å². The highest BCUT2D eigenvalue weighted by Crippen LogP contribution is 2.36. The maximum absolute atomic E-state index is 12.3. The Morgan fingerprint density at radius 2 is 1.68 bits per heavy atom. The molecule has 4 nitrogen and oxygen atoms in total. The highest BCUT2D eigenvalue weighted by molar-refractivity contribution is 6.01. The number of allylic oxidation sites excluding steroid dienone is 3. The minimum atomic E-state index is -1.35. The molecule has 108 valence electrons. The number of carbonyl (C=O) groups excluding carboxylic acids is 2. The molecule has 0 aromatic carbocycles. The van der Waals surface area contributed by atoms with Gasteiger partial charge >= 0.3 is 11.9 Å². The summed E-state index contributed by atoms with van der Waals surface area (Å²) in [5.41, 5.74) is -1.35. The van der Waals surface area contributed by atoms with Crippen molar-refractivity contribution in [2.24, 2.45) is 11.3 Å². The van der Waals surface area contributed by atoms with Crippen LogP contribution in [0.3, 0.4) is 0 Å². The minimum Gasteiger partial charge on any atom is -0.465 e. The first-order valence-electron chi connectivity index (χ1n) is 6.59. The van der Waals surface area contributed by atoms with Gasteiger partial charge in [0.1, 0.15) is 0 Å². The Morgan fingerprint density at radius 1 is 1.21 bits per heavy atom. The highest BCUT2D eigenvalue weighted by Gasteiger charge is 2.51. The standard InChI is InChI=1S/C15H24O4/c1-6-10-11-15(12(5)7-2,13(16)18-8-3)14(17)19-9-4/h6-7,10,12H,2,8-9,11H2,1,3-5H3/b10-6+. The van der Waals surface area contributed by atoms with Crippen LogP contribution in [0.15, 0.2) is 24.8 Å². The molecule has 0 aliphatic carbocycles. The Morgan fingerprint density at radius 3 is 2.00 bits per heavy atom. The molecular weight excluding hydrogens is 244 g/mol. The summed E-state index contributed by atoms with van der Waals surface area (Å²) in [5.74, 6) is -1.49. The zero-order valence-corrected chi connectivity index (χ0v) is 12.3. The van der Waals surface area contributed by atoms with Gasteiger partial charge in [0.15, 0.2) is 5.41 Å². The number of esters is 2. The lowest BCUT2D eigenvalue weighted by Gasteiger charge is -2.32. The summed E-state index contributed by atoms with van der Waals surface area (Å²) in [7, 11) is 0. The largest absolute Gasteiger partial charge is 0.465 e. The van der Waals surface area contributed by atoms with Gasteiger partial charge in [0.2, 0.25) is 0 Å². The first-order chi connectivity index (χ1) is 9.00. The van der Waals surface area contributed by atoms with Crippen LogP contribution in [0.2, 0.25) is 0 Å². The van der Waals surface area contributed by atoms with Gasteiger partial charge in [0.05, 0.1) is 13.2 Å². The van der Waals surface area contributed by atoms with Crippen molar-refractivity contribution in [1.82, 2.24) is 0 Å². The van der Waals surface area contributed by atoms with Crippen LogP contribution in [0.25, 0.3) is 0 Å². The summed E-state index contributed by atoms with van der Waals surface area (Å²) in [6.45, 7) is 11.1. The third-order valence-corrected chi connectivity index (χ3v) is 3.09. The summed E-state index contributed by atoms with van der Waals surface area (Å²) < 4.78 is 10.1. The summed E-state index contributed by atoms with van der Waals surface area (Å²) in [4.78, 5) is 24.6. The normalized spacial score (nSPS) is 13.1. The minimum absolute atomic E-state index is 0.222. The summed E-state index contributed by atoms with van der Waals surface area (Å²) in [6.07, 6.45) is 5.39. The molecule has 0 amide bonds. The molecule has 0 saturated carbocycles. The molecule has 0 radical (unpaired) electrons. The third-order valence-electron chi connectivity index (χ3n) is 3.09. The fourth-order valence-electron chi connectivity index (χ4n) is 1.83. The number of carbonyl (C=O) groups is 2. The first kappa shape index (κ1) is 17.4. The van der Waals surface area contributed by atoms with Gasteiger partial charge in [-0.05, 0) is 27.2 Å². The van der Waals surface area contributed by atoms with Crippen molar-refractivity contribution in [3.63, 3.8) is 0 Å². The summed E-state index contributed by atoms with van der Waals surface area (Å²) >= 11 is 0. The van der Waals surface area contributed by atoms with Crippen LogP contribution in [0.4, 0.5) is 0 Å². The fourth-order valence-corrected chi connectivity index (χ4v) is 1.83. The smallest absolute Gasteiger partial charge is 0.324 e. The predicted molar refractivity (Wildman–Crippen MR) is 74.5 cm³/mol. The zero-order valence-electron chi connectivity index (χ0n) is 12.3. The second-order valence-corrected chi connectivity index (χ2v) is 4.21. The van der Waals surface area contributed by atoms with Gasteiger partial charge in [0, 0.05) is 5.92 Å². The van der Waals surface area contributed by atoms with E-state index in [1.54, 1.807) is 39.0 Å². The molecule has 0 spiro atoms. The monoisotopic (exact) mass is 268 g/mol. The lowest BCUT2D eigenvalue weighted by molar-refractivity contribution is -0.174. The fraction of sp³-hybridized carbons (Fsp3) is 0.600. The molecule has 0 heterocycles. The second-order valence-electron chi connectivity index (χ2n) is 4.21. The van der Waals surface area contributed by atoms with Crippen LogP contribution in [0.1, 0.15) is 34.1 Å². The summed E-state index contributed by atoms with van der Waals surface area (Å²) in [5, 5.41) is 0. The molecule has 0 fully saturated rings. The number of rotatable bonds is 8. The highest BCUT2D eigenvalue weighted by atomic mass is 16.6. The van der Waals surface area contributed by atoms with Crippen LogP contribution in [0.5, 0.6) is 0 Å². The molecule has 0 aromatic rings. The SMILES string of the molecule is C=CC(C)C(C/C=C/C)(C(=O)OCC)C(=O)OCC. The van der Waals surface area contributed by atoms with Crippen LogP contribution in [-0.2, 0) is 19.1 Å². The van der Waals surface area contributed by atoms with Crippen molar-refractivity contribution in [3.05, 3.63) is 24.8 Å². The second kappa shape index (κ2) is 8.51. The Balaban J connectivity index is 5.62. The van der Waals surface area contributed by atoms with Gasteiger partial charge in [0.25, 0.3) is 0 Å².